The summed E-state index contributed by atoms with van der Waals surface area (Å²) in [6.07, 6.45) is -17.1. The number of halogens is 6. The van der Waals surface area contributed by atoms with Gasteiger partial charge in [0.05, 0.1) is 6.61 Å². The van der Waals surface area contributed by atoms with Gasteiger partial charge in [0.2, 0.25) is 0 Å². The molecule has 0 aliphatic carbocycles. The minimum atomic E-state index is -5.76. The molecule has 0 atom stereocenters. The van der Waals surface area contributed by atoms with E-state index < -0.39 is 30.5 Å². The molecule has 0 saturated carbocycles. The molecule has 2 rings (SSSR count). The minimum absolute atomic E-state index is 0.0389. The van der Waals surface area contributed by atoms with E-state index in [0.717, 1.165) is 16.0 Å². The lowest BCUT2D eigenvalue weighted by Crippen LogP contribution is -2.52. The second kappa shape index (κ2) is 10.9. The summed E-state index contributed by atoms with van der Waals surface area (Å²) in [5.41, 5.74) is 1.70. The van der Waals surface area contributed by atoms with Crippen LogP contribution in [0.25, 0.3) is 0 Å². The molecule has 1 N–H and O–H groups in total. The predicted octanol–water partition coefficient (Wildman–Crippen LogP) is 3.99. The van der Waals surface area contributed by atoms with E-state index in [2.05, 4.69) is 4.74 Å². The summed E-state index contributed by atoms with van der Waals surface area (Å²) in [5, 5.41) is 8.70. The van der Waals surface area contributed by atoms with Crippen molar-refractivity contribution in [2.45, 2.75) is 44.8 Å². The SMILES string of the molecule is Cc1ccc(CN2CCN(C(=O)OC(C(F)(F)F)C(F)(F)F)CC2)c(OCCCC(=O)O)c1. The Balaban J connectivity index is 1.92. The third-order valence-corrected chi connectivity index (χ3v) is 4.85. The van der Waals surface area contributed by atoms with Gasteiger partial charge in [0.15, 0.2) is 0 Å². The van der Waals surface area contributed by atoms with Crippen molar-refractivity contribution < 1.29 is 50.5 Å². The van der Waals surface area contributed by atoms with Gasteiger partial charge in [-0.3, -0.25) is 9.69 Å². The highest BCUT2D eigenvalue weighted by atomic mass is 19.4. The Kier molecular flexibility index (Phi) is 8.81. The molecule has 1 aliphatic rings. The van der Waals surface area contributed by atoms with Crippen LogP contribution in [-0.4, -0.2) is 78.2 Å². The van der Waals surface area contributed by atoms with Crippen molar-refractivity contribution in [2.24, 2.45) is 0 Å². The van der Waals surface area contributed by atoms with E-state index in [4.69, 9.17) is 9.84 Å². The highest BCUT2D eigenvalue weighted by molar-refractivity contribution is 5.68. The summed E-state index contributed by atoms with van der Waals surface area (Å²) in [6.45, 7) is 2.60. The van der Waals surface area contributed by atoms with Gasteiger partial charge in [-0.25, -0.2) is 4.79 Å². The average Bonchev–Trinajstić information content (AvgIpc) is 2.69. The fourth-order valence-corrected chi connectivity index (χ4v) is 3.16. The maximum atomic E-state index is 12.6. The number of amides is 1. The third-order valence-electron chi connectivity index (χ3n) is 4.85. The van der Waals surface area contributed by atoms with E-state index in [1.807, 2.05) is 24.0 Å². The number of nitrogens with zero attached hydrogens (tertiary/aromatic N) is 2. The van der Waals surface area contributed by atoms with Crippen LogP contribution in [0.3, 0.4) is 0 Å². The van der Waals surface area contributed by atoms with Gasteiger partial charge < -0.3 is 19.5 Å². The second-order valence-corrected chi connectivity index (χ2v) is 7.57. The summed E-state index contributed by atoms with van der Waals surface area (Å²) in [6, 6.07) is 5.46. The molecular weight excluding hydrogens is 462 g/mol. The Morgan fingerprint density at radius 3 is 2.21 bits per heavy atom. The van der Waals surface area contributed by atoms with Crippen LogP contribution < -0.4 is 4.74 Å². The number of aliphatic carboxylic acids is 1. The van der Waals surface area contributed by atoms with Crippen molar-refractivity contribution in [3.63, 3.8) is 0 Å². The van der Waals surface area contributed by atoms with Gasteiger partial charge in [-0.1, -0.05) is 12.1 Å². The van der Waals surface area contributed by atoms with Crippen LogP contribution in [0.15, 0.2) is 18.2 Å². The van der Waals surface area contributed by atoms with Crippen LogP contribution in [0.1, 0.15) is 24.0 Å². The number of rotatable bonds is 8. The van der Waals surface area contributed by atoms with Crippen LogP contribution in [-0.2, 0) is 16.1 Å². The van der Waals surface area contributed by atoms with Gasteiger partial charge >= 0.3 is 24.4 Å². The van der Waals surface area contributed by atoms with Crippen LogP contribution in [0.5, 0.6) is 5.75 Å². The first-order valence-corrected chi connectivity index (χ1v) is 10.0. The van der Waals surface area contributed by atoms with Crippen molar-refractivity contribution in [3.05, 3.63) is 29.3 Å². The zero-order valence-corrected chi connectivity index (χ0v) is 17.7. The molecule has 1 aliphatic heterocycles. The highest BCUT2D eigenvalue weighted by Gasteiger charge is 2.60. The lowest BCUT2D eigenvalue weighted by molar-refractivity contribution is -0.308. The van der Waals surface area contributed by atoms with E-state index in [1.54, 1.807) is 6.07 Å². The fraction of sp³-hybridized carbons (Fsp3) is 0.600. The Labute approximate surface area is 185 Å². The summed E-state index contributed by atoms with van der Waals surface area (Å²) < 4.78 is 85.0. The van der Waals surface area contributed by atoms with Crippen molar-refractivity contribution in [1.82, 2.24) is 9.80 Å². The van der Waals surface area contributed by atoms with Crippen LogP contribution >= 0.6 is 0 Å². The fourth-order valence-electron chi connectivity index (χ4n) is 3.16. The number of alkyl halides is 6. The van der Waals surface area contributed by atoms with Crippen LogP contribution in [0.2, 0.25) is 0 Å². The molecular formula is C20H24F6N2O5. The summed E-state index contributed by atoms with van der Waals surface area (Å²) in [5.74, 6) is -0.378. The molecule has 13 heteroatoms. The molecule has 0 spiro atoms. The van der Waals surface area contributed by atoms with Crippen LogP contribution in [0, 0.1) is 6.92 Å². The third kappa shape index (κ3) is 8.30. The van der Waals surface area contributed by atoms with Crippen LogP contribution in [0.4, 0.5) is 31.1 Å². The smallest absolute Gasteiger partial charge is 0.434 e. The number of aryl methyl sites for hydroxylation is 1. The molecule has 1 heterocycles. The molecule has 1 saturated heterocycles. The van der Waals surface area contributed by atoms with Gasteiger partial charge in [-0.05, 0) is 25.0 Å². The van der Waals surface area contributed by atoms with Gasteiger partial charge in [0.1, 0.15) is 5.75 Å². The summed E-state index contributed by atoms with van der Waals surface area (Å²) in [4.78, 5) is 25.2. The van der Waals surface area contributed by atoms with Gasteiger partial charge in [-0.2, -0.15) is 26.3 Å². The topological polar surface area (TPSA) is 79.3 Å². The maximum Gasteiger partial charge on any atom is 0.434 e. The number of ether oxygens (including phenoxy) is 2. The predicted molar refractivity (Wildman–Crippen MR) is 103 cm³/mol. The Hall–Kier alpha value is -2.70. The Morgan fingerprint density at radius 2 is 1.67 bits per heavy atom. The first kappa shape index (κ1) is 26.6. The molecule has 7 nitrogen and oxygen atoms in total. The molecule has 1 aromatic rings. The first-order chi connectivity index (χ1) is 15.3. The van der Waals surface area contributed by atoms with E-state index in [0.29, 0.717) is 18.7 Å². The van der Waals surface area contributed by atoms with Crippen molar-refractivity contribution in [3.8, 4) is 5.75 Å². The molecule has 0 aromatic heterocycles. The number of carboxylic acids is 1. The highest BCUT2D eigenvalue weighted by Crippen LogP contribution is 2.36. The largest absolute Gasteiger partial charge is 0.493 e. The number of hydrogen-bond donors (Lipinski definition) is 1. The lowest BCUT2D eigenvalue weighted by Gasteiger charge is -2.35. The zero-order valence-electron chi connectivity index (χ0n) is 17.7. The Bertz CT molecular complexity index is 808. The molecule has 0 bridgehead atoms. The van der Waals surface area contributed by atoms with Gasteiger partial charge in [0, 0.05) is 44.7 Å². The van der Waals surface area contributed by atoms with Crippen molar-refractivity contribution in [2.75, 3.05) is 32.8 Å². The lowest BCUT2D eigenvalue weighted by atomic mass is 10.1. The van der Waals surface area contributed by atoms with E-state index in [-0.39, 0.29) is 39.2 Å². The van der Waals surface area contributed by atoms with E-state index >= 15 is 0 Å². The number of carbonyl (C=O) groups is 2. The molecule has 1 aromatic carbocycles. The normalized spacial score (nSPS) is 15.6. The van der Waals surface area contributed by atoms with Gasteiger partial charge in [0.25, 0.3) is 6.10 Å². The molecule has 0 unspecified atom stereocenters. The number of piperazine rings is 1. The molecule has 1 amide bonds. The molecule has 33 heavy (non-hydrogen) atoms. The van der Waals surface area contributed by atoms with Gasteiger partial charge in [-0.15, -0.1) is 0 Å². The number of carboxylic acid groups (broad SMARTS) is 1. The van der Waals surface area contributed by atoms with E-state index in [9.17, 15) is 35.9 Å². The molecule has 0 radical (unpaired) electrons. The minimum Gasteiger partial charge on any atom is -0.493 e. The number of hydrogen-bond acceptors (Lipinski definition) is 5. The quantitative estimate of drug-likeness (QED) is 0.442. The zero-order chi connectivity index (χ0) is 24.8. The van der Waals surface area contributed by atoms with Crippen molar-refractivity contribution in [1.29, 1.82) is 0 Å². The molecule has 186 valence electrons. The van der Waals surface area contributed by atoms with Crippen molar-refractivity contribution >= 4 is 12.1 Å². The summed E-state index contributed by atoms with van der Waals surface area (Å²) >= 11 is 0. The number of carbonyl (C=O) groups excluding carboxylic acids is 1. The number of benzene rings is 1. The first-order valence-electron chi connectivity index (χ1n) is 10.0. The standard InChI is InChI=1S/C20H24F6N2O5/c1-13-4-5-14(15(11-13)32-10-2-3-16(29)30)12-27-6-8-28(9-7-27)18(31)33-17(19(21,22)23)20(24,25)26/h4-5,11,17H,2-3,6-10,12H2,1H3,(H,29,30). The maximum absolute atomic E-state index is 12.6. The second-order valence-electron chi connectivity index (χ2n) is 7.57. The molecule has 1 fully saturated rings. The Morgan fingerprint density at radius 1 is 1.06 bits per heavy atom. The average molecular weight is 486 g/mol. The van der Waals surface area contributed by atoms with E-state index in [1.165, 1.54) is 0 Å². The summed E-state index contributed by atoms with van der Waals surface area (Å²) in [7, 11) is 0. The monoisotopic (exact) mass is 486 g/mol.